The van der Waals surface area contributed by atoms with Gasteiger partial charge in [0.05, 0.1) is 42.4 Å². The molecule has 0 unspecified atom stereocenters. The smallest absolute Gasteiger partial charge is 0.407 e. The lowest BCUT2D eigenvalue weighted by Gasteiger charge is -2.33. The molecule has 0 saturated carbocycles. The van der Waals surface area contributed by atoms with Crippen LogP contribution in [-0.2, 0) is 9.59 Å². The molecule has 3 aliphatic heterocycles. The monoisotopic (exact) mass is 748 g/mol. The number of nitrogens with one attached hydrogen (secondary N) is 4. The average molecular weight is 749 g/mol. The van der Waals surface area contributed by atoms with Gasteiger partial charge in [0.15, 0.2) is 5.96 Å². The molecule has 3 aliphatic rings. The fraction of sp³-hybridized carbons (Fsp3) is 0.463. The van der Waals surface area contributed by atoms with Gasteiger partial charge in [-0.05, 0) is 59.8 Å². The summed E-state index contributed by atoms with van der Waals surface area (Å²) in [7, 11) is 1.46. The Morgan fingerprint density at radius 1 is 0.764 bits per heavy atom. The SMILES string of the molecule is CC(C)[C@@H](C(=O)N1CCC[C@H]1c1ncc(-c2ccc(-c3ccc(-c4cnc([C@@H]5CCCN5C(=O)[C@H](NC5=NCCN5)C(C)C)[nH]4)cc3)cc2)[nH]1)N(C)C(=O)O. The maximum atomic E-state index is 13.8. The van der Waals surface area contributed by atoms with Crippen molar-refractivity contribution in [3.63, 3.8) is 0 Å². The summed E-state index contributed by atoms with van der Waals surface area (Å²) in [5, 5.41) is 16.1. The minimum Gasteiger partial charge on any atom is -0.465 e. The van der Waals surface area contributed by atoms with Crippen molar-refractivity contribution in [1.82, 2.24) is 45.3 Å². The zero-order valence-corrected chi connectivity index (χ0v) is 32.2. The quantitative estimate of drug-likeness (QED) is 0.131. The topological polar surface area (TPSA) is 175 Å². The molecule has 4 atom stereocenters. The minimum atomic E-state index is -1.12. The molecule has 0 radical (unpaired) electrons. The van der Waals surface area contributed by atoms with Crippen LogP contribution in [0.4, 0.5) is 4.79 Å². The van der Waals surface area contributed by atoms with Crippen LogP contribution >= 0.6 is 0 Å². The van der Waals surface area contributed by atoms with Gasteiger partial charge in [0.2, 0.25) is 11.8 Å². The maximum absolute atomic E-state index is 13.8. The van der Waals surface area contributed by atoms with Crippen LogP contribution in [0, 0.1) is 11.8 Å². The molecule has 2 aromatic heterocycles. The number of benzene rings is 2. The number of likely N-dealkylation sites (tertiary alicyclic amines) is 2. The van der Waals surface area contributed by atoms with Crippen LogP contribution in [0.1, 0.15) is 77.1 Å². The van der Waals surface area contributed by atoms with Crippen LogP contribution in [-0.4, -0.2) is 109 Å². The fourth-order valence-corrected chi connectivity index (χ4v) is 8.14. The van der Waals surface area contributed by atoms with E-state index in [1.165, 1.54) is 7.05 Å². The number of guanidine groups is 1. The Balaban J connectivity index is 1.00. The summed E-state index contributed by atoms with van der Waals surface area (Å²) in [5.74, 6) is 2.03. The standard InChI is InChI=1S/C41H52N10O4/c1-24(2)34(48-40-42-18-19-43-40)38(52)50-20-6-8-32(50)36-44-22-30(46-36)28-14-10-26(11-15-28)27-12-16-29(17-13-27)31-23-45-37(47-31)33-9-7-21-51(33)39(53)35(25(3)4)49(5)41(54)55/h10-17,22-25,32-35H,6-9,18-21H2,1-5H3,(H,44,46)(H,45,47)(H,54,55)(H2,42,43,48)/t32-,33-,34+,35-/m0/s1. The number of carboxylic acid groups (broad SMARTS) is 1. The van der Waals surface area contributed by atoms with Gasteiger partial charge < -0.3 is 35.5 Å². The van der Waals surface area contributed by atoms with Crippen molar-refractivity contribution in [2.45, 2.75) is 77.5 Å². The second-order valence-corrected chi connectivity index (χ2v) is 15.5. The average Bonchev–Trinajstić information content (AvgIpc) is 4.03. The van der Waals surface area contributed by atoms with Gasteiger partial charge in [-0.25, -0.2) is 14.8 Å². The summed E-state index contributed by atoms with van der Waals surface area (Å²) in [5.41, 5.74) is 5.90. The number of carbonyl (C=O) groups is 3. The van der Waals surface area contributed by atoms with E-state index in [-0.39, 0.29) is 41.8 Å². The van der Waals surface area contributed by atoms with Crippen LogP contribution in [0.3, 0.4) is 0 Å². The van der Waals surface area contributed by atoms with E-state index in [9.17, 15) is 19.5 Å². The fourth-order valence-electron chi connectivity index (χ4n) is 8.14. The summed E-state index contributed by atoms with van der Waals surface area (Å²) in [6, 6.07) is 15.2. The van der Waals surface area contributed by atoms with Gasteiger partial charge in [0.1, 0.15) is 23.7 Å². The number of nitrogens with zero attached hydrogens (tertiary/aromatic N) is 6. The molecule has 0 spiro atoms. The summed E-state index contributed by atoms with van der Waals surface area (Å²) in [4.78, 5) is 64.7. The lowest BCUT2D eigenvalue weighted by Crippen LogP contribution is -2.53. The summed E-state index contributed by atoms with van der Waals surface area (Å²) in [6.07, 6.45) is 5.92. The van der Waals surface area contributed by atoms with E-state index in [0.29, 0.717) is 31.4 Å². The van der Waals surface area contributed by atoms with E-state index in [2.05, 4.69) is 93.0 Å². The van der Waals surface area contributed by atoms with Gasteiger partial charge in [-0.2, -0.15) is 0 Å². The number of amides is 3. The first-order valence-electron chi connectivity index (χ1n) is 19.4. The predicted molar refractivity (Wildman–Crippen MR) is 211 cm³/mol. The largest absolute Gasteiger partial charge is 0.465 e. The Morgan fingerprint density at radius 2 is 1.25 bits per heavy atom. The molecule has 2 saturated heterocycles. The lowest BCUT2D eigenvalue weighted by atomic mass is 10.0. The number of hydrogen-bond donors (Lipinski definition) is 5. The van der Waals surface area contributed by atoms with Crippen LogP contribution in [0.5, 0.6) is 0 Å². The van der Waals surface area contributed by atoms with Crippen molar-refractivity contribution < 1.29 is 19.5 Å². The molecule has 2 fully saturated rings. The second kappa shape index (κ2) is 16.0. The Bertz CT molecular complexity index is 2020. The van der Waals surface area contributed by atoms with E-state index >= 15 is 0 Å². The van der Waals surface area contributed by atoms with Crippen LogP contribution in [0.25, 0.3) is 33.6 Å². The van der Waals surface area contributed by atoms with Gasteiger partial charge in [0.25, 0.3) is 0 Å². The van der Waals surface area contributed by atoms with Crippen LogP contribution in [0.15, 0.2) is 65.9 Å². The number of aromatic nitrogens is 4. The molecular weight excluding hydrogens is 697 g/mol. The molecule has 55 heavy (non-hydrogen) atoms. The highest BCUT2D eigenvalue weighted by Gasteiger charge is 2.40. The van der Waals surface area contributed by atoms with E-state index in [0.717, 1.165) is 76.6 Å². The van der Waals surface area contributed by atoms with Crippen molar-refractivity contribution in [1.29, 1.82) is 0 Å². The molecule has 0 bridgehead atoms. The number of likely N-dealkylation sites (N-methyl/N-ethyl adjacent to an activating group) is 1. The van der Waals surface area contributed by atoms with Crippen LogP contribution < -0.4 is 10.6 Å². The molecular formula is C41H52N10O4. The van der Waals surface area contributed by atoms with Crippen molar-refractivity contribution in [2.24, 2.45) is 16.8 Å². The number of aliphatic imine (C=N–C) groups is 1. The first-order chi connectivity index (χ1) is 26.5. The normalized spacial score (nSPS) is 19.4. The molecule has 7 rings (SSSR count). The molecule has 5 heterocycles. The van der Waals surface area contributed by atoms with E-state index in [1.807, 2.05) is 24.9 Å². The highest BCUT2D eigenvalue weighted by atomic mass is 16.4. The third kappa shape index (κ3) is 7.80. The summed E-state index contributed by atoms with van der Waals surface area (Å²) < 4.78 is 0. The van der Waals surface area contributed by atoms with Crippen molar-refractivity contribution in [3.05, 3.63) is 72.6 Å². The molecule has 5 N–H and O–H groups in total. The Morgan fingerprint density at radius 3 is 1.69 bits per heavy atom. The van der Waals surface area contributed by atoms with Gasteiger partial charge in [-0.15, -0.1) is 0 Å². The first-order valence-corrected chi connectivity index (χ1v) is 19.4. The first kappa shape index (κ1) is 37.6. The van der Waals surface area contributed by atoms with Crippen LogP contribution in [0.2, 0.25) is 0 Å². The highest BCUT2D eigenvalue weighted by molar-refractivity contribution is 5.90. The van der Waals surface area contributed by atoms with Crippen molar-refractivity contribution >= 4 is 23.9 Å². The van der Waals surface area contributed by atoms with Crippen molar-refractivity contribution in [3.8, 4) is 33.6 Å². The Labute approximate surface area is 321 Å². The number of rotatable bonds is 11. The third-order valence-corrected chi connectivity index (χ3v) is 11.1. The zero-order chi connectivity index (χ0) is 38.8. The maximum Gasteiger partial charge on any atom is 0.407 e. The highest BCUT2D eigenvalue weighted by Crippen LogP contribution is 2.35. The second-order valence-electron chi connectivity index (χ2n) is 15.5. The van der Waals surface area contributed by atoms with E-state index < -0.39 is 12.1 Å². The minimum absolute atomic E-state index is 0.0742. The molecule has 14 heteroatoms. The number of H-pyrrole nitrogens is 2. The summed E-state index contributed by atoms with van der Waals surface area (Å²) >= 11 is 0. The van der Waals surface area contributed by atoms with E-state index in [4.69, 9.17) is 4.98 Å². The van der Waals surface area contributed by atoms with Gasteiger partial charge in [0, 0.05) is 26.7 Å². The molecule has 0 aliphatic carbocycles. The Hall–Kier alpha value is -5.66. The third-order valence-electron chi connectivity index (χ3n) is 11.1. The number of imidazole rings is 2. The molecule has 14 nitrogen and oxygen atoms in total. The van der Waals surface area contributed by atoms with Gasteiger partial charge in [-0.1, -0.05) is 76.2 Å². The molecule has 4 aromatic rings. The summed E-state index contributed by atoms with van der Waals surface area (Å²) in [6.45, 7) is 10.6. The number of hydrogen-bond acceptors (Lipinski definition) is 8. The predicted octanol–water partition coefficient (Wildman–Crippen LogP) is 5.67. The zero-order valence-electron chi connectivity index (χ0n) is 32.2. The molecule has 2 aromatic carbocycles. The number of carbonyl (C=O) groups excluding carboxylic acids is 2. The number of aromatic amines is 2. The molecule has 290 valence electrons. The van der Waals surface area contributed by atoms with Gasteiger partial charge >= 0.3 is 6.09 Å². The lowest BCUT2D eigenvalue weighted by molar-refractivity contribution is -0.138. The van der Waals surface area contributed by atoms with Gasteiger partial charge in [-0.3, -0.25) is 19.5 Å². The molecule has 3 amide bonds. The Kier molecular flexibility index (Phi) is 10.9. The van der Waals surface area contributed by atoms with Crippen molar-refractivity contribution in [2.75, 3.05) is 33.2 Å². The van der Waals surface area contributed by atoms with E-state index in [1.54, 1.807) is 11.1 Å².